The molecule has 0 unspecified atom stereocenters. The minimum Gasteiger partial charge on any atom is -0.352 e. The van der Waals surface area contributed by atoms with Crippen LogP contribution in [0.3, 0.4) is 0 Å². The van der Waals surface area contributed by atoms with Gasteiger partial charge in [-0.1, -0.05) is 13.5 Å². The van der Waals surface area contributed by atoms with Crippen LogP contribution >= 0.6 is 0 Å². The number of nitriles is 1. The van der Waals surface area contributed by atoms with Gasteiger partial charge in [-0.2, -0.15) is 5.26 Å². The van der Waals surface area contributed by atoms with Crippen LogP contribution in [0.2, 0.25) is 0 Å². The standard InChI is InChI=1S/C28H31F2N5O/c1-4-10-33-11-8-21-24(15-33)32-27(22(14-31)26(21)20-7-6-19(29)13-23(20)30)35-12-9-28(18(35)3)16-34(17-28)25(36)5-2/h5-7,13,18H,2,4,8-12,15-17H2,1,3H3/t18-/m0/s1. The number of likely N-dealkylation sites (tertiary alicyclic amines) is 1. The minimum atomic E-state index is -0.676. The van der Waals surface area contributed by atoms with Gasteiger partial charge in [0.25, 0.3) is 0 Å². The minimum absolute atomic E-state index is 0.0465. The molecule has 1 aromatic carbocycles. The van der Waals surface area contributed by atoms with Crippen molar-refractivity contribution in [2.24, 2.45) is 5.41 Å². The van der Waals surface area contributed by atoms with Crippen LogP contribution < -0.4 is 4.90 Å². The molecule has 0 N–H and O–H groups in total. The summed E-state index contributed by atoms with van der Waals surface area (Å²) in [7, 11) is 0. The normalized spacial score (nSPS) is 20.7. The van der Waals surface area contributed by atoms with Crippen LogP contribution in [0.15, 0.2) is 30.9 Å². The fourth-order valence-corrected chi connectivity index (χ4v) is 6.22. The summed E-state index contributed by atoms with van der Waals surface area (Å²) < 4.78 is 28.9. The zero-order valence-electron chi connectivity index (χ0n) is 20.9. The molecule has 1 amide bonds. The summed E-state index contributed by atoms with van der Waals surface area (Å²) >= 11 is 0. The number of nitrogens with zero attached hydrogens (tertiary/aromatic N) is 5. The van der Waals surface area contributed by atoms with Gasteiger partial charge < -0.3 is 9.80 Å². The van der Waals surface area contributed by atoms with Crippen molar-refractivity contribution in [3.8, 4) is 17.2 Å². The molecule has 6 nitrogen and oxygen atoms in total. The lowest BCUT2D eigenvalue weighted by Crippen LogP contribution is -2.62. The van der Waals surface area contributed by atoms with E-state index in [-0.39, 0.29) is 22.9 Å². The van der Waals surface area contributed by atoms with Gasteiger partial charge in [0.15, 0.2) is 0 Å². The highest BCUT2D eigenvalue weighted by Gasteiger charge is 2.54. The number of carbonyl (C=O) groups excluding carboxylic acids is 1. The molecule has 2 saturated heterocycles. The predicted octanol–water partition coefficient (Wildman–Crippen LogP) is 4.28. The quantitative estimate of drug-likeness (QED) is 0.585. The number of carbonyl (C=O) groups is 1. The number of hydrogen-bond donors (Lipinski definition) is 0. The number of aromatic nitrogens is 1. The molecule has 0 aliphatic carbocycles. The number of pyridine rings is 1. The molecule has 3 aliphatic rings. The van der Waals surface area contributed by atoms with E-state index in [0.29, 0.717) is 49.5 Å². The maximum absolute atomic E-state index is 15.1. The Labute approximate surface area is 210 Å². The van der Waals surface area contributed by atoms with Crippen molar-refractivity contribution in [3.05, 3.63) is 59.3 Å². The molecule has 3 aliphatic heterocycles. The first-order chi connectivity index (χ1) is 17.3. The second-order valence-electron chi connectivity index (χ2n) is 10.3. The van der Waals surface area contributed by atoms with Gasteiger partial charge in [0.1, 0.15) is 29.1 Å². The van der Waals surface area contributed by atoms with E-state index in [0.717, 1.165) is 43.3 Å². The Morgan fingerprint density at radius 2 is 2.11 bits per heavy atom. The summed E-state index contributed by atoms with van der Waals surface area (Å²) in [4.78, 5) is 23.4. The Bertz CT molecular complexity index is 1260. The highest BCUT2D eigenvalue weighted by molar-refractivity contribution is 5.88. The van der Waals surface area contributed by atoms with Gasteiger partial charge in [-0.05, 0) is 56.5 Å². The predicted molar refractivity (Wildman–Crippen MR) is 134 cm³/mol. The van der Waals surface area contributed by atoms with Crippen molar-refractivity contribution in [2.45, 2.75) is 45.7 Å². The Balaban J connectivity index is 1.61. The number of fused-ring (bicyclic) bond motifs is 1. The molecule has 4 heterocycles. The van der Waals surface area contributed by atoms with Crippen LogP contribution in [-0.4, -0.2) is 59.5 Å². The summed E-state index contributed by atoms with van der Waals surface area (Å²) in [6.07, 6.45) is 3.89. The average Bonchev–Trinajstić information content (AvgIpc) is 3.18. The monoisotopic (exact) mass is 491 g/mol. The van der Waals surface area contributed by atoms with Crippen molar-refractivity contribution in [3.63, 3.8) is 0 Å². The van der Waals surface area contributed by atoms with Crippen molar-refractivity contribution in [1.82, 2.24) is 14.8 Å². The number of anilines is 1. The van der Waals surface area contributed by atoms with Crippen LogP contribution in [-0.2, 0) is 17.8 Å². The van der Waals surface area contributed by atoms with Gasteiger partial charge in [-0.25, -0.2) is 13.8 Å². The lowest BCUT2D eigenvalue weighted by Gasteiger charge is -2.51. The van der Waals surface area contributed by atoms with Crippen molar-refractivity contribution >= 4 is 11.7 Å². The van der Waals surface area contributed by atoms with Crippen LogP contribution in [0, 0.1) is 28.4 Å². The molecule has 1 atom stereocenters. The first-order valence-electron chi connectivity index (χ1n) is 12.6. The largest absolute Gasteiger partial charge is 0.352 e. The smallest absolute Gasteiger partial charge is 0.245 e. The lowest BCUT2D eigenvalue weighted by molar-refractivity contribution is -0.138. The Morgan fingerprint density at radius 3 is 2.78 bits per heavy atom. The van der Waals surface area contributed by atoms with E-state index >= 15 is 4.39 Å². The molecule has 2 fully saturated rings. The van der Waals surface area contributed by atoms with Gasteiger partial charge in [-0.3, -0.25) is 9.69 Å². The first-order valence-corrected chi connectivity index (χ1v) is 12.6. The topological polar surface area (TPSA) is 63.5 Å². The summed E-state index contributed by atoms with van der Waals surface area (Å²) in [5.41, 5.74) is 2.78. The third-order valence-corrected chi connectivity index (χ3v) is 8.24. The van der Waals surface area contributed by atoms with Crippen LogP contribution in [0.4, 0.5) is 14.6 Å². The fraction of sp³-hybridized carbons (Fsp3) is 0.464. The van der Waals surface area contributed by atoms with Gasteiger partial charge in [-0.15, -0.1) is 0 Å². The Hall–Kier alpha value is -3.31. The molecule has 5 rings (SSSR count). The second-order valence-corrected chi connectivity index (χ2v) is 10.3. The fourth-order valence-electron chi connectivity index (χ4n) is 6.22. The Kier molecular flexibility index (Phi) is 6.29. The van der Waals surface area contributed by atoms with Crippen LogP contribution in [0.1, 0.15) is 43.5 Å². The molecule has 0 saturated carbocycles. The van der Waals surface area contributed by atoms with Gasteiger partial charge >= 0.3 is 0 Å². The molecule has 0 bridgehead atoms. The van der Waals surface area contributed by atoms with Crippen molar-refractivity contribution < 1.29 is 13.6 Å². The van der Waals surface area contributed by atoms with E-state index < -0.39 is 11.6 Å². The zero-order chi connectivity index (χ0) is 25.6. The molecule has 1 spiro atoms. The summed E-state index contributed by atoms with van der Waals surface area (Å²) in [6, 6.07) is 5.93. The first kappa shape index (κ1) is 24.4. The summed E-state index contributed by atoms with van der Waals surface area (Å²) in [5, 5.41) is 10.4. The number of hydrogen-bond acceptors (Lipinski definition) is 5. The third-order valence-electron chi connectivity index (χ3n) is 8.24. The van der Waals surface area contributed by atoms with E-state index in [9.17, 15) is 14.4 Å². The number of halogens is 2. The molecule has 2 aromatic rings. The molecule has 188 valence electrons. The van der Waals surface area contributed by atoms with Gasteiger partial charge in [0.05, 0.1) is 5.69 Å². The zero-order valence-corrected chi connectivity index (χ0v) is 20.9. The number of benzene rings is 1. The number of rotatable bonds is 5. The van der Waals surface area contributed by atoms with E-state index in [4.69, 9.17) is 4.98 Å². The third kappa shape index (κ3) is 3.86. The molecule has 1 aromatic heterocycles. The summed E-state index contributed by atoms with van der Waals surface area (Å²) in [6.45, 7) is 12.2. The molecule has 8 heteroatoms. The molecular formula is C28H31F2N5O. The highest BCUT2D eigenvalue weighted by Crippen LogP contribution is 2.48. The molecule has 36 heavy (non-hydrogen) atoms. The second kappa shape index (κ2) is 9.29. The highest BCUT2D eigenvalue weighted by atomic mass is 19.1. The molecular weight excluding hydrogens is 460 g/mol. The van der Waals surface area contributed by atoms with E-state index in [1.165, 1.54) is 18.2 Å². The maximum Gasteiger partial charge on any atom is 0.245 e. The maximum atomic E-state index is 15.1. The SMILES string of the molecule is C=CC(=O)N1CC2(CCN(c3nc4c(c(-c5ccc(F)cc5F)c3C#N)CCN(CCC)C4)[C@H]2C)C1. The van der Waals surface area contributed by atoms with E-state index in [1.54, 1.807) is 4.90 Å². The van der Waals surface area contributed by atoms with Gasteiger partial charge in [0.2, 0.25) is 5.91 Å². The Morgan fingerprint density at radius 1 is 1.33 bits per heavy atom. The van der Waals surface area contributed by atoms with Crippen molar-refractivity contribution in [2.75, 3.05) is 37.6 Å². The van der Waals surface area contributed by atoms with E-state index in [1.807, 2.05) is 0 Å². The molecule has 0 radical (unpaired) electrons. The van der Waals surface area contributed by atoms with Gasteiger partial charge in [0, 0.05) is 61.4 Å². The van der Waals surface area contributed by atoms with E-state index in [2.05, 4.69) is 36.3 Å². The number of amides is 1. The summed E-state index contributed by atoms with van der Waals surface area (Å²) in [5.74, 6) is -0.830. The van der Waals surface area contributed by atoms with Crippen LogP contribution in [0.25, 0.3) is 11.1 Å². The lowest BCUT2D eigenvalue weighted by atomic mass is 9.74. The van der Waals surface area contributed by atoms with Crippen molar-refractivity contribution in [1.29, 1.82) is 5.26 Å². The average molecular weight is 492 g/mol. The van der Waals surface area contributed by atoms with Crippen LogP contribution in [0.5, 0.6) is 0 Å².